The van der Waals surface area contributed by atoms with Gasteiger partial charge < -0.3 is 0 Å². The maximum Gasteiger partial charge on any atom is 0.126 e. The second-order valence-corrected chi connectivity index (χ2v) is 9.26. The molecule has 4 rings (SSSR count). The highest BCUT2D eigenvalue weighted by Gasteiger charge is 2.10. The molecule has 0 unspecified atom stereocenters. The highest BCUT2D eigenvalue weighted by Crippen LogP contribution is 2.25. The number of aliphatic imine (C=N–C) groups is 1. The molecule has 0 aliphatic rings. The van der Waals surface area contributed by atoms with Gasteiger partial charge in [0.1, 0.15) is 5.82 Å². The van der Waals surface area contributed by atoms with E-state index in [1.165, 1.54) is 6.07 Å². The Balaban J connectivity index is 1.73. The molecule has 37 heavy (non-hydrogen) atoms. The molecular weight excluding hydrogens is 459 g/mol. The van der Waals surface area contributed by atoms with Gasteiger partial charge in [-0.05, 0) is 90.4 Å². The summed E-state index contributed by atoms with van der Waals surface area (Å²) in [6.07, 6.45) is 10.5. The van der Waals surface area contributed by atoms with Crippen LogP contribution in [-0.2, 0) is 13.0 Å². The number of benzene rings is 3. The standard InChI is InChI=1S/C32H31FN4/c1-3-4-5-6-29(37-22-25-9-7-24(21-34)8-10-25)19-28(18-26-11-13-30(33)23(2)17-26)27-12-14-31-32(20-27)36-16-15-35-31/h7-17,19-20H,3-6,18,22H2,1-2H3/b28-19+,37-29?. The number of allylic oxidation sites excluding steroid dienone is 2. The number of halogens is 1. The Hall–Kier alpha value is -4.17. The van der Waals surface area contributed by atoms with Crippen molar-refractivity contribution >= 4 is 22.3 Å². The molecule has 0 spiro atoms. The molecule has 186 valence electrons. The fourth-order valence-corrected chi connectivity index (χ4v) is 4.27. The zero-order chi connectivity index (χ0) is 26.0. The van der Waals surface area contributed by atoms with Crippen molar-refractivity contribution in [3.8, 4) is 6.07 Å². The Morgan fingerprint density at radius 1 is 0.946 bits per heavy atom. The van der Waals surface area contributed by atoms with Crippen molar-refractivity contribution < 1.29 is 4.39 Å². The van der Waals surface area contributed by atoms with Crippen LogP contribution in [0.15, 0.2) is 84.1 Å². The lowest BCUT2D eigenvalue weighted by Crippen LogP contribution is -2.01. The maximum absolute atomic E-state index is 14.0. The van der Waals surface area contributed by atoms with Crippen molar-refractivity contribution in [2.75, 3.05) is 0 Å². The predicted molar refractivity (Wildman–Crippen MR) is 149 cm³/mol. The molecule has 0 saturated carbocycles. The summed E-state index contributed by atoms with van der Waals surface area (Å²) in [4.78, 5) is 13.9. The summed E-state index contributed by atoms with van der Waals surface area (Å²) in [5.41, 5.74) is 8.27. The summed E-state index contributed by atoms with van der Waals surface area (Å²) in [6, 6.07) is 21.2. The van der Waals surface area contributed by atoms with Crippen LogP contribution in [0.3, 0.4) is 0 Å². The summed E-state index contributed by atoms with van der Waals surface area (Å²) in [7, 11) is 0. The van der Waals surface area contributed by atoms with Crippen LogP contribution in [0.25, 0.3) is 16.6 Å². The van der Waals surface area contributed by atoms with Crippen LogP contribution < -0.4 is 0 Å². The van der Waals surface area contributed by atoms with Crippen LogP contribution >= 0.6 is 0 Å². The third-order valence-electron chi connectivity index (χ3n) is 6.38. The average molecular weight is 491 g/mol. The molecule has 0 fully saturated rings. The van der Waals surface area contributed by atoms with Gasteiger partial charge in [-0.15, -0.1) is 0 Å². The summed E-state index contributed by atoms with van der Waals surface area (Å²) >= 11 is 0. The van der Waals surface area contributed by atoms with Crippen LogP contribution in [0, 0.1) is 24.1 Å². The lowest BCUT2D eigenvalue weighted by molar-refractivity contribution is 0.618. The fraction of sp³-hybridized carbons (Fsp3) is 0.250. The minimum atomic E-state index is -0.195. The van der Waals surface area contributed by atoms with Crippen molar-refractivity contribution in [3.05, 3.63) is 113 Å². The van der Waals surface area contributed by atoms with Gasteiger partial charge in [-0.2, -0.15) is 5.26 Å². The Morgan fingerprint density at radius 2 is 1.70 bits per heavy atom. The van der Waals surface area contributed by atoms with Crippen molar-refractivity contribution in [1.82, 2.24) is 9.97 Å². The molecule has 0 N–H and O–H groups in total. The highest BCUT2D eigenvalue weighted by molar-refractivity contribution is 6.01. The first kappa shape index (κ1) is 25.9. The quantitative estimate of drug-likeness (QED) is 0.168. The molecular formula is C32H31FN4. The minimum absolute atomic E-state index is 0.195. The Kier molecular flexibility index (Phi) is 8.89. The monoisotopic (exact) mass is 490 g/mol. The molecule has 4 nitrogen and oxygen atoms in total. The van der Waals surface area contributed by atoms with Crippen LogP contribution in [0.5, 0.6) is 0 Å². The average Bonchev–Trinajstić information content (AvgIpc) is 2.93. The zero-order valence-electron chi connectivity index (χ0n) is 21.4. The number of hydrogen-bond acceptors (Lipinski definition) is 4. The molecule has 0 radical (unpaired) electrons. The van der Waals surface area contributed by atoms with Crippen molar-refractivity contribution in [3.63, 3.8) is 0 Å². The second-order valence-electron chi connectivity index (χ2n) is 9.26. The van der Waals surface area contributed by atoms with E-state index in [-0.39, 0.29) is 5.82 Å². The zero-order valence-corrected chi connectivity index (χ0v) is 21.4. The van der Waals surface area contributed by atoms with Gasteiger partial charge in [0.15, 0.2) is 0 Å². The van der Waals surface area contributed by atoms with Gasteiger partial charge >= 0.3 is 0 Å². The van der Waals surface area contributed by atoms with Gasteiger partial charge in [0, 0.05) is 18.1 Å². The molecule has 0 aliphatic carbocycles. The molecule has 1 heterocycles. The van der Waals surface area contributed by atoms with Crippen LogP contribution in [-0.4, -0.2) is 15.7 Å². The third-order valence-corrected chi connectivity index (χ3v) is 6.38. The first-order valence-corrected chi connectivity index (χ1v) is 12.7. The molecule has 0 bridgehead atoms. The van der Waals surface area contributed by atoms with E-state index in [1.807, 2.05) is 42.5 Å². The van der Waals surface area contributed by atoms with Gasteiger partial charge in [-0.25, -0.2) is 4.39 Å². The van der Waals surface area contributed by atoms with E-state index in [1.54, 1.807) is 19.3 Å². The Morgan fingerprint density at radius 3 is 2.43 bits per heavy atom. The van der Waals surface area contributed by atoms with E-state index < -0.39 is 0 Å². The number of aryl methyl sites for hydroxylation is 1. The lowest BCUT2D eigenvalue weighted by atomic mass is 9.94. The van der Waals surface area contributed by atoms with Crippen molar-refractivity contribution in [2.24, 2.45) is 4.99 Å². The second kappa shape index (κ2) is 12.7. The van der Waals surface area contributed by atoms with Gasteiger partial charge in [-0.1, -0.05) is 50.1 Å². The molecule has 4 aromatic rings. The van der Waals surface area contributed by atoms with E-state index in [9.17, 15) is 4.39 Å². The smallest absolute Gasteiger partial charge is 0.126 e. The maximum atomic E-state index is 14.0. The normalized spacial score (nSPS) is 12.1. The van der Waals surface area contributed by atoms with Crippen LogP contribution in [0.1, 0.15) is 60.4 Å². The van der Waals surface area contributed by atoms with Gasteiger partial charge in [0.05, 0.1) is 29.2 Å². The number of hydrogen-bond donors (Lipinski definition) is 0. The van der Waals surface area contributed by atoms with E-state index in [0.717, 1.165) is 64.7 Å². The van der Waals surface area contributed by atoms with E-state index >= 15 is 0 Å². The number of nitrogens with zero attached hydrogens (tertiary/aromatic N) is 4. The SMILES string of the molecule is CCCCCC(/C=C(\Cc1ccc(F)c(C)c1)c1ccc2nccnc2c1)=NCc1ccc(C#N)cc1. The van der Waals surface area contributed by atoms with Crippen molar-refractivity contribution in [1.29, 1.82) is 5.26 Å². The number of rotatable bonds is 10. The number of nitriles is 1. The molecule has 1 aromatic heterocycles. The van der Waals surface area contributed by atoms with E-state index in [4.69, 9.17) is 10.3 Å². The predicted octanol–water partition coefficient (Wildman–Crippen LogP) is 7.80. The molecule has 0 aliphatic heterocycles. The fourth-order valence-electron chi connectivity index (χ4n) is 4.27. The summed E-state index contributed by atoms with van der Waals surface area (Å²) < 4.78 is 14.0. The molecule has 0 saturated heterocycles. The van der Waals surface area contributed by atoms with Crippen molar-refractivity contribution in [2.45, 2.75) is 52.5 Å². The summed E-state index contributed by atoms with van der Waals surface area (Å²) in [5, 5.41) is 9.08. The Labute approximate surface area is 218 Å². The van der Waals surface area contributed by atoms with Crippen LogP contribution in [0.2, 0.25) is 0 Å². The number of aromatic nitrogens is 2. The third kappa shape index (κ3) is 7.17. The van der Waals surface area contributed by atoms with Gasteiger partial charge in [0.25, 0.3) is 0 Å². The molecule has 5 heteroatoms. The number of fused-ring (bicyclic) bond motifs is 1. The molecule has 3 aromatic carbocycles. The van der Waals surface area contributed by atoms with Gasteiger partial charge in [0.2, 0.25) is 0 Å². The first-order valence-electron chi connectivity index (χ1n) is 12.7. The van der Waals surface area contributed by atoms with E-state index in [2.05, 4.69) is 41.2 Å². The van der Waals surface area contributed by atoms with Gasteiger partial charge in [-0.3, -0.25) is 15.0 Å². The minimum Gasteiger partial charge on any atom is -0.285 e. The first-order chi connectivity index (χ1) is 18.1. The Bertz CT molecular complexity index is 1460. The molecule has 0 atom stereocenters. The highest BCUT2D eigenvalue weighted by atomic mass is 19.1. The summed E-state index contributed by atoms with van der Waals surface area (Å²) in [6.45, 7) is 4.54. The number of unbranched alkanes of at least 4 members (excludes halogenated alkanes) is 2. The van der Waals surface area contributed by atoms with Crippen LogP contribution in [0.4, 0.5) is 4.39 Å². The lowest BCUT2D eigenvalue weighted by Gasteiger charge is -2.12. The largest absolute Gasteiger partial charge is 0.285 e. The molecule has 0 amide bonds. The summed E-state index contributed by atoms with van der Waals surface area (Å²) in [5.74, 6) is -0.195. The van der Waals surface area contributed by atoms with E-state index in [0.29, 0.717) is 24.1 Å². The topological polar surface area (TPSA) is 61.9 Å².